The molecule has 0 spiro atoms. The third-order valence-electron chi connectivity index (χ3n) is 2.84. The van der Waals surface area contributed by atoms with Gasteiger partial charge in [0.1, 0.15) is 0 Å². The second-order valence-electron chi connectivity index (χ2n) is 4.91. The summed E-state index contributed by atoms with van der Waals surface area (Å²) in [6.45, 7) is 5.13. The number of nitrogens with zero attached hydrogens (tertiary/aromatic N) is 1. The zero-order valence-corrected chi connectivity index (χ0v) is 13.0. The molecular formula is C14H18N2O4S. The quantitative estimate of drug-likeness (QED) is 0.474. The van der Waals surface area contributed by atoms with Crippen molar-refractivity contribution in [1.29, 1.82) is 0 Å². The molecule has 0 fully saturated rings. The van der Waals surface area contributed by atoms with Crippen LogP contribution in [-0.2, 0) is 9.59 Å². The molecule has 21 heavy (non-hydrogen) atoms. The first kappa shape index (κ1) is 17.2. The number of thioether (sulfide) groups is 1. The Bertz CT molecular complexity index is 546. The normalized spacial score (nSPS) is 12.0. The van der Waals surface area contributed by atoms with E-state index in [2.05, 4.69) is 5.32 Å². The third-order valence-corrected chi connectivity index (χ3v) is 3.90. The average molecular weight is 310 g/mol. The number of carbonyl (C=O) groups excluding carboxylic acids is 2. The van der Waals surface area contributed by atoms with E-state index in [1.807, 2.05) is 13.8 Å². The smallest absolute Gasteiger partial charge is 0.282 e. The van der Waals surface area contributed by atoms with Gasteiger partial charge in [0.05, 0.1) is 21.6 Å². The maximum absolute atomic E-state index is 11.9. The van der Waals surface area contributed by atoms with Gasteiger partial charge in [-0.15, -0.1) is 11.8 Å². The molecule has 0 aromatic heterocycles. The van der Waals surface area contributed by atoms with E-state index in [9.17, 15) is 19.7 Å². The van der Waals surface area contributed by atoms with E-state index in [1.165, 1.54) is 13.0 Å². The minimum atomic E-state index is -0.524. The van der Waals surface area contributed by atoms with Crippen LogP contribution in [0.2, 0.25) is 0 Å². The van der Waals surface area contributed by atoms with Crippen molar-refractivity contribution in [3.8, 4) is 0 Å². The number of ketones is 1. The van der Waals surface area contributed by atoms with Gasteiger partial charge in [-0.05, 0) is 18.9 Å². The summed E-state index contributed by atoms with van der Waals surface area (Å²) in [4.78, 5) is 34.1. The highest BCUT2D eigenvalue weighted by Gasteiger charge is 2.21. The van der Waals surface area contributed by atoms with Crippen molar-refractivity contribution in [2.75, 3.05) is 5.75 Å². The molecule has 0 saturated carbocycles. The Labute approximate surface area is 127 Å². The summed E-state index contributed by atoms with van der Waals surface area (Å²) in [5.41, 5.74) is -0.0257. The van der Waals surface area contributed by atoms with Crippen molar-refractivity contribution in [3.63, 3.8) is 0 Å². The summed E-state index contributed by atoms with van der Waals surface area (Å²) < 4.78 is 0. The predicted molar refractivity (Wildman–Crippen MR) is 81.3 cm³/mol. The minimum Gasteiger partial charge on any atom is -0.345 e. The molecule has 1 rings (SSSR count). The molecule has 1 unspecified atom stereocenters. The van der Waals surface area contributed by atoms with Gasteiger partial charge in [0.15, 0.2) is 5.78 Å². The maximum Gasteiger partial charge on any atom is 0.282 e. The van der Waals surface area contributed by atoms with E-state index in [-0.39, 0.29) is 29.0 Å². The van der Waals surface area contributed by atoms with Gasteiger partial charge in [0.2, 0.25) is 5.91 Å². The molecule has 0 heterocycles. The van der Waals surface area contributed by atoms with Crippen LogP contribution < -0.4 is 5.32 Å². The number of nitrogens with one attached hydrogen (secondary N) is 1. The van der Waals surface area contributed by atoms with E-state index in [4.69, 9.17) is 0 Å². The van der Waals surface area contributed by atoms with Crippen LogP contribution in [0.1, 0.15) is 20.8 Å². The summed E-state index contributed by atoms with van der Waals surface area (Å²) in [6, 6.07) is 5.73. The van der Waals surface area contributed by atoms with Crippen molar-refractivity contribution in [3.05, 3.63) is 34.4 Å². The summed E-state index contributed by atoms with van der Waals surface area (Å²) >= 11 is 1.08. The van der Waals surface area contributed by atoms with Crippen LogP contribution in [0.3, 0.4) is 0 Å². The van der Waals surface area contributed by atoms with Gasteiger partial charge in [-0.1, -0.05) is 26.0 Å². The zero-order valence-electron chi connectivity index (χ0n) is 12.2. The topological polar surface area (TPSA) is 89.3 Å². The number of para-hydroxylation sites is 1. The van der Waals surface area contributed by atoms with Crippen LogP contribution in [0.5, 0.6) is 0 Å². The molecule has 1 aromatic rings. The first-order valence-electron chi connectivity index (χ1n) is 6.49. The monoisotopic (exact) mass is 310 g/mol. The molecule has 0 bridgehead atoms. The highest BCUT2D eigenvalue weighted by atomic mass is 32.2. The van der Waals surface area contributed by atoms with Crippen LogP contribution >= 0.6 is 11.8 Å². The molecule has 0 aliphatic heterocycles. The first-order chi connectivity index (χ1) is 9.82. The summed E-state index contributed by atoms with van der Waals surface area (Å²) in [7, 11) is 0. The minimum absolute atomic E-state index is 0.00233. The van der Waals surface area contributed by atoms with Gasteiger partial charge in [0, 0.05) is 6.07 Å². The van der Waals surface area contributed by atoms with Crippen LogP contribution in [0.4, 0.5) is 5.69 Å². The molecule has 0 radical (unpaired) electrons. The Balaban J connectivity index is 2.65. The molecule has 0 aliphatic rings. The fourth-order valence-electron chi connectivity index (χ4n) is 1.83. The largest absolute Gasteiger partial charge is 0.345 e. The average Bonchev–Trinajstić information content (AvgIpc) is 2.42. The number of hydrogen-bond acceptors (Lipinski definition) is 5. The van der Waals surface area contributed by atoms with Crippen molar-refractivity contribution in [2.45, 2.75) is 31.7 Å². The second-order valence-corrected chi connectivity index (χ2v) is 5.93. The lowest BCUT2D eigenvalue weighted by Gasteiger charge is -2.19. The SMILES string of the molecule is CC(=O)C(NC(=O)CSc1ccccc1[N+](=O)[O-])C(C)C. The molecule has 7 heteroatoms. The fraction of sp³-hybridized carbons (Fsp3) is 0.429. The van der Waals surface area contributed by atoms with Crippen LogP contribution in [0.15, 0.2) is 29.2 Å². The standard InChI is InChI=1S/C14H18N2O4S/c1-9(2)14(10(3)17)15-13(18)8-21-12-7-5-4-6-11(12)16(19)20/h4-7,9,14H,8H2,1-3H3,(H,15,18). The van der Waals surface area contributed by atoms with Gasteiger partial charge in [-0.3, -0.25) is 19.7 Å². The third kappa shape index (κ3) is 5.18. The molecular weight excluding hydrogens is 292 g/mol. The Morgan fingerprint density at radius 1 is 1.33 bits per heavy atom. The number of carbonyl (C=O) groups is 2. The molecule has 0 aliphatic carbocycles. The number of benzene rings is 1. The highest BCUT2D eigenvalue weighted by molar-refractivity contribution is 8.00. The molecule has 1 amide bonds. The molecule has 1 atom stereocenters. The van der Waals surface area contributed by atoms with Gasteiger partial charge in [-0.2, -0.15) is 0 Å². The molecule has 1 N–H and O–H groups in total. The first-order valence-corrected chi connectivity index (χ1v) is 7.47. The maximum atomic E-state index is 11.9. The van der Waals surface area contributed by atoms with E-state index < -0.39 is 11.0 Å². The van der Waals surface area contributed by atoms with Gasteiger partial charge < -0.3 is 5.32 Å². The summed E-state index contributed by atoms with van der Waals surface area (Å²) in [6.07, 6.45) is 0. The van der Waals surface area contributed by atoms with Crippen LogP contribution in [-0.4, -0.2) is 28.4 Å². The van der Waals surface area contributed by atoms with Gasteiger partial charge in [-0.25, -0.2) is 0 Å². The summed E-state index contributed by atoms with van der Waals surface area (Å²) in [5, 5.41) is 13.5. The van der Waals surface area contributed by atoms with Crippen molar-refractivity contribution in [2.24, 2.45) is 5.92 Å². The number of Topliss-reactive ketones (excluding diaryl/α,β-unsaturated/α-hetero) is 1. The lowest BCUT2D eigenvalue weighted by atomic mass is 10.0. The van der Waals surface area contributed by atoms with E-state index in [0.717, 1.165) is 11.8 Å². The lowest BCUT2D eigenvalue weighted by molar-refractivity contribution is -0.387. The van der Waals surface area contributed by atoms with E-state index in [1.54, 1.807) is 18.2 Å². The van der Waals surface area contributed by atoms with Crippen molar-refractivity contribution < 1.29 is 14.5 Å². The molecule has 114 valence electrons. The van der Waals surface area contributed by atoms with Crippen molar-refractivity contribution in [1.82, 2.24) is 5.32 Å². The predicted octanol–water partition coefficient (Wildman–Crippen LogP) is 2.42. The van der Waals surface area contributed by atoms with Crippen LogP contribution in [0.25, 0.3) is 0 Å². The fourth-order valence-corrected chi connectivity index (χ4v) is 2.66. The highest BCUT2D eigenvalue weighted by Crippen LogP contribution is 2.28. The summed E-state index contributed by atoms with van der Waals surface area (Å²) in [5.74, 6) is -0.384. The Morgan fingerprint density at radius 3 is 2.48 bits per heavy atom. The Kier molecular flexibility index (Phi) is 6.36. The number of nitro groups is 1. The molecule has 6 nitrogen and oxygen atoms in total. The molecule has 1 aromatic carbocycles. The van der Waals surface area contributed by atoms with E-state index in [0.29, 0.717) is 4.90 Å². The zero-order chi connectivity index (χ0) is 16.0. The number of amides is 1. The lowest BCUT2D eigenvalue weighted by Crippen LogP contribution is -2.44. The number of hydrogen-bond donors (Lipinski definition) is 1. The van der Waals surface area contributed by atoms with Gasteiger partial charge in [0.25, 0.3) is 5.69 Å². The number of rotatable bonds is 7. The van der Waals surface area contributed by atoms with Crippen LogP contribution in [0, 0.1) is 16.0 Å². The molecule has 0 saturated heterocycles. The number of nitro benzene ring substituents is 1. The Morgan fingerprint density at radius 2 is 1.95 bits per heavy atom. The van der Waals surface area contributed by atoms with Gasteiger partial charge >= 0.3 is 0 Å². The van der Waals surface area contributed by atoms with Crippen molar-refractivity contribution >= 4 is 29.1 Å². The second kappa shape index (κ2) is 7.78. The van der Waals surface area contributed by atoms with E-state index >= 15 is 0 Å². The Hall–Kier alpha value is -1.89.